The molecule has 0 aliphatic carbocycles. The molecule has 34 heavy (non-hydrogen) atoms. The number of methoxy groups -OCH3 is 2. The van der Waals surface area contributed by atoms with E-state index in [1.165, 1.54) is 18.8 Å². The molecular formula is C23H25N7O4. The van der Waals surface area contributed by atoms with E-state index in [9.17, 15) is 9.90 Å². The van der Waals surface area contributed by atoms with E-state index in [4.69, 9.17) is 15.2 Å². The molecule has 4 rings (SSSR count). The Morgan fingerprint density at radius 1 is 1.03 bits per heavy atom. The molecular weight excluding hydrogens is 438 g/mol. The third-order valence-electron chi connectivity index (χ3n) is 5.43. The highest BCUT2D eigenvalue weighted by molar-refractivity contribution is 5.73. The second kappa shape index (κ2) is 9.32. The Morgan fingerprint density at radius 2 is 1.71 bits per heavy atom. The minimum absolute atomic E-state index is 0.0274. The van der Waals surface area contributed by atoms with Gasteiger partial charge in [0.05, 0.1) is 45.5 Å². The van der Waals surface area contributed by atoms with Gasteiger partial charge in [0.2, 0.25) is 0 Å². The summed E-state index contributed by atoms with van der Waals surface area (Å²) < 4.78 is 13.8. The number of rotatable bonds is 7. The number of aliphatic hydroxyl groups excluding tert-OH is 1. The van der Waals surface area contributed by atoms with Gasteiger partial charge in [0, 0.05) is 36.1 Å². The lowest BCUT2D eigenvalue weighted by Gasteiger charge is -2.12. The Kier molecular flexibility index (Phi) is 6.28. The van der Waals surface area contributed by atoms with Crippen molar-refractivity contribution in [3.63, 3.8) is 0 Å². The van der Waals surface area contributed by atoms with Gasteiger partial charge in [-0.25, -0.2) is 15.0 Å². The van der Waals surface area contributed by atoms with Gasteiger partial charge >= 0.3 is 0 Å². The van der Waals surface area contributed by atoms with E-state index >= 15 is 0 Å². The van der Waals surface area contributed by atoms with Crippen LogP contribution in [0.5, 0.6) is 11.5 Å². The monoisotopic (exact) mass is 463 g/mol. The normalized spacial score (nSPS) is 11.0. The Hall–Kier alpha value is -4.25. The van der Waals surface area contributed by atoms with E-state index in [2.05, 4.69) is 20.1 Å². The fourth-order valence-electron chi connectivity index (χ4n) is 3.59. The van der Waals surface area contributed by atoms with Crippen molar-refractivity contribution in [3.8, 4) is 45.4 Å². The van der Waals surface area contributed by atoms with Crippen LogP contribution < -0.4 is 20.8 Å². The highest BCUT2D eigenvalue weighted by atomic mass is 16.5. The van der Waals surface area contributed by atoms with Gasteiger partial charge in [-0.2, -0.15) is 5.10 Å². The van der Waals surface area contributed by atoms with Crippen molar-refractivity contribution in [1.29, 1.82) is 0 Å². The first kappa shape index (κ1) is 22.9. The number of anilines is 1. The topological polar surface area (TPSA) is 143 Å². The van der Waals surface area contributed by atoms with Crippen LogP contribution in [0.25, 0.3) is 33.9 Å². The smallest absolute Gasteiger partial charge is 0.276 e. The number of benzene rings is 1. The zero-order chi connectivity index (χ0) is 24.4. The highest BCUT2D eigenvalue weighted by Gasteiger charge is 2.18. The SMILES string of the molecule is COc1cc(OC)cc(-c2nc(-c3nc(-c4cnn(CCO)c4C)cnc3N)cn(C)c2=O)c1. The summed E-state index contributed by atoms with van der Waals surface area (Å²) in [4.78, 5) is 26.5. The van der Waals surface area contributed by atoms with Gasteiger partial charge in [0.15, 0.2) is 5.82 Å². The minimum Gasteiger partial charge on any atom is -0.497 e. The van der Waals surface area contributed by atoms with Crippen molar-refractivity contribution in [1.82, 2.24) is 29.3 Å². The summed E-state index contributed by atoms with van der Waals surface area (Å²) >= 11 is 0. The average molecular weight is 463 g/mol. The number of aromatic nitrogens is 6. The van der Waals surface area contributed by atoms with Crippen LogP contribution in [0.15, 0.2) is 41.6 Å². The van der Waals surface area contributed by atoms with Crippen LogP contribution in [0.4, 0.5) is 5.82 Å². The van der Waals surface area contributed by atoms with Crippen molar-refractivity contribution >= 4 is 5.82 Å². The van der Waals surface area contributed by atoms with Crippen LogP contribution in [-0.4, -0.2) is 55.2 Å². The number of aryl methyl sites for hydroxylation is 1. The summed E-state index contributed by atoms with van der Waals surface area (Å²) in [5.74, 6) is 1.23. The van der Waals surface area contributed by atoms with Gasteiger partial charge in [0.25, 0.3) is 5.56 Å². The van der Waals surface area contributed by atoms with Crippen LogP contribution in [0.2, 0.25) is 0 Å². The number of nitrogens with two attached hydrogens (primary N) is 1. The van der Waals surface area contributed by atoms with Crippen molar-refractivity contribution in [2.75, 3.05) is 26.6 Å². The average Bonchev–Trinajstić information content (AvgIpc) is 3.21. The summed E-state index contributed by atoms with van der Waals surface area (Å²) in [6.07, 6.45) is 4.79. The molecule has 11 heteroatoms. The number of ether oxygens (including phenoxy) is 2. The predicted molar refractivity (Wildman–Crippen MR) is 127 cm³/mol. The zero-order valence-corrected chi connectivity index (χ0v) is 19.3. The molecule has 0 spiro atoms. The third kappa shape index (κ3) is 4.20. The Bertz CT molecular complexity index is 1390. The van der Waals surface area contributed by atoms with Crippen molar-refractivity contribution in [2.45, 2.75) is 13.5 Å². The number of nitrogen functional groups attached to an aromatic ring is 1. The number of hydrogen-bond donors (Lipinski definition) is 2. The highest BCUT2D eigenvalue weighted by Crippen LogP contribution is 2.30. The Morgan fingerprint density at radius 3 is 2.35 bits per heavy atom. The van der Waals surface area contributed by atoms with Crippen LogP contribution in [0.3, 0.4) is 0 Å². The van der Waals surface area contributed by atoms with Crippen LogP contribution in [0, 0.1) is 6.92 Å². The summed E-state index contributed by atoms with van der Waals surface area (Å²) in [5.41, 5.74) is 9.43. The maximum atomic E-state index is 13.0. The molecule has 0 fully saturated rings. The number of aliphatic hydroxyl groups is 1. The van der Waals surface area contributed by atoms with Gasteiger partial charge in [-0.15, -0.1) is 0 Å². The van der Waals surface area contributed by atoms with Gasteiger partial charge in [-0.1, -0.05) is 0 Å². The number of hydrogen-bond acceptors (Lipinski definition) is 9. The molecule has 11 nitrogen and oxygen atoms in total. The molecule has 3 aromatic heterocycles. The first-order valence-electron chi connectivity index (χ1n) is 10.4. The lowest BCUT2D eigenvalue weighted by atomic mass is 10.1. The molecule has 0 amide bonds. The molecule has 0 saturated heterocycles. The number of nitrogens with zero attached hydrogens (tertiary/aromatic N) is 6. The molecule has 0 aliphatic rings. The molecule has 176 valence electrons. The van der Waals surface area contributed by atoms with Crippen molar-refractivity contribution in [2.24, 2.45) is 7.05 Å². The molecule has 0 radical (unpaired) electrons. The summed E-state index contributed by atoms with van der Waals surface area (Å²) in [7, 11) is 4.70. The minimum atomic E-state index is -0.303. The molecule has 0 unspecified atom stereocenters. The standard InChI is InChI=1S/C23H25N7O4/c1-13-17(10-26-30(13)5-6-31)18-11-25-22(24)21(27-18)19-12-29(2)23(32)20(28-19)14-7-15(33-3)9-16(8-14)34-4/h7-12,31H,5-6H2,1-4H3,(H2,24,25). The lowest BCUT2D eigenvalue weighted by Crippen LogP contribution is -2.20. The van der Waals surface area contributed by atoms with E-state index in [0.29, 0.717) is 40.7 Å². The first-order valence-corrected chi connectivity index (χ1v) is 10.4. The molecule has 0 saturated carbocycles. The Labute approximate surface area is 195 Å². The fourth-order valence-corrected chi connectivity index (χ4v) is 3.59. The second-order valence-corrected chi connectivity index (χ2v) is 7.57. The molecule has 3 heterocycles. The quantitative estimate of drug-likeness (QED) is 0.418. The van der Waals surface area contributed by atoms with Crippen molar-refractivity contribution in [3.05, 3.63) is 52.8 Å². The lowest BCUT2D eigenvalue weighted by molar-refractivity contribution is 0.268. The van der Waals surface area contributed by atoms with E-state index in [1.54, 1.807) is 48.5 Å². The molecule has 4 aromatic rings. The summed E-state index contributed by atoms with van der Waals surface area (Å²) in [5, 5.41) is 13.5. The van der Waals surface area contributed by atoms with E-state index in [-0.39, 0.29) is 23.7 Å². The largest absolute Gasteiger partial charge is 0.497 e. The summed E-state index contributed by atoms with van der Waals surface area (Å²) in [6.45, 7) is 2.23. The summed E-state index contributed by atoms with van der Waals surface area (Å²) in [6, 6.07) is 5.13. The van der Waals surface area contributed by atoms with Gasteiger partial charge < -0.3 is 24.9 Å². The van der Waals surface area contributed by atoms with Gasteiger partial charge in [-0.3, -0.25) is 9.48 Å². The molecule has 0 aliphatic heterocycles. The zero-order valence-electron chi connectivity index (χ0n) is 19.3. The molecule has 0 atom stereocenters. The molecule has 3 N–H and O–H groups in total. The van der Waals surface area contributed by atoms with Gasteiger partial charge in [0.1, 0.15) is 28.6 Å². The maximum Gasteiger partial charge on any atom is 0.276 e. The van der Waals surface area contributed by atoms with E-state index in [0.717, 1.165) is 11.3 Å². The maximum absolute atomic E-state index is 13.0. The molecule has 1 aromatic carbocycles. The fraction of sp³-hybridized carbons (Fsp3) is 0.261. The first-order chi connectivity index (χ1) is 16.4. The molecule has 0 bridgehead atoms. The van der Waals surface area contributed by atoms with E-state index in [1.807, 2.05) is 6.92 Å². The second-order valence-electron chi connectivity index (χ2n) is 7.57. The predicted octanol–water partition coefficient (Wildman–Crippen LogP) is 1.67. The Balaban J connectivity index is 1.86. The van der Waals surface area contributed by atoms with Gasteiger partial charge in [-0.05, 0) is 19.1 Å². The van der Waals surface area contributed by atoms with Crippen LogP contribution in [0.1, 0.15) is 5.69 Å². The van der Waals surface area contributed by atoms with Crippen LogP contribution >= 0.6 is 0 Å². The van der Waals surface area contributed by atoms with Crippen molar-refractivity contribution < 1.29 is 14.6 Å². The van der Waals surface area contributed by atoms with E-state index < -0.39 is 0 Å². The third-order valence-corrected chi connectivity index (χ3v) is 5.43. The van der Waals surface area contributed by atoms with Crippen LogP contribution in [-0.2, 0) is 13.6 Å².